The van der Waals surface area contributed by atoms with Crippen LogP contribution in [-0.4, -0.2) is 43.6 Å². The minimum atomic E-state index is -0.806. The maximum atomic E-state index is 12.6. The van der Waals surface area contributed by atoms with E-state index in [0.717, 1.165) is 11.9 Å². The highest BCUT2D eigenvalue weighted by molar-refractivity contribution is 7.85. The smallest absolute Gasteiger partial charge is 0.223 e. The molecule has 1 aromatic heterocycles. The molecule has 0 saturated carbocycles. The zero-order chi connectivity index (χ0) is 16.6. The molecule has 0 spiro atoms. The van der Waals surface area contributed by atoms with Gasteiger partial charge in [0.2, 0.25) is 5.91 Å². The summed E-state index contributed by atoms with van der Waals surface area (Å²) in [7, 11) is -0.806. The Labute approximate surface area is 139 Å². The molecule has 1 aromatic carbocycles. The second-order valence-electron chi connectivity index (χ2n) is 6.43. The lowest BCUT2D eigenvalue weighted by Gasteiger charge is -2.37. The van der Waals surface area contributed by atoms with Crippen LogP contribution in [0.15, 0.2) is 24.4 Å². The summed E-state index contributed by atoms with van der Waals surface area (Å²) in [4.78, 5) is 17.8. The second kappa shape index (κ2) is 6.48. The molecule has 23 heavy (non-hydrogen) atoms. The van der Waals surface area contributed by atoms with Crippen LogP contribution in [0.3, 0.4) is 0 Å². The van der Waals surface area contributed by atoms with Gasteiger partial charge in [-0.2, -0.15) is 0 Å². The third kappa shape index (κ3) is 3.07. The largest absolute Gasteiger partial charge is 0.361 e. The van der Waals surface area contributed by atoms with E-state index >= 15 is 0 Å². The Morgan fingerprint density at radius 1 is 1.39 bits per heavy atom. The Morgan fingerprint density at radius 2 is 2.17 bits per heavy atom. The molecule has 124 valence electrons. The minimum Gasteiger partial charge on any atom is -0.361 e. The van der Waals surface area contributed by atoms with Crippen LogP contribution in [-0.2, 0) is 22.0 Å². The van der Waals surface area contributed by atoms with Gasteiger partial charge in [-0.15, -0.1) is 0 Å². The van der Waals surface area contributed by atoms with Crippen LogP contribution in [0.25, 0.3) is 10.9 Å². The van der Waals surface area contributed by atoms with Crippen molar-refractivity contribution in [1.82, 2.24) is 9.88 Å². The van der Waals surface area contributed by atoms with Crippen molar-refractivity contribution in [2.45, 2.75) is 44.9 Å². The number of rotatable bonds is 3. The average Bonchev–Trinajstić information content (AvgIpc) is 2.95. The van der Waals surface area contributed by atoms with Crippen molar-refractivity contribution in [3.8, 4) is 0 Å². The molecule has 5 heteroatoms. The van der Waals surface area contributed by atoms with Crippen LogP contribution in [0.2, 0.25) is 0 Å². The molecule has 1 aliphatic heterocycles. The van der Waals surface area contributed by atoms with E-state index < -0.39 is 10.8 Å². The van der Waals surface area contributed by atoms with Crippen molar-refractivity contribution >= 4 is 27.6 Å². The van der Waals surface area contributed by atoms with Crippen LogP contribution in [0.5, 0.6) is 0 Å². The van der Waals surface area contributed by atoms with Gasteiger partial charge in [-0.05, 0) is 38.3 Å². The molecular weight excluding hydrogens is 308 g/mol. The van der Waals surface area contributed by atoms with E-state index in [1.807, 2.05) is 24.9 Å². The van der Waals surface area contributed by atoms with E-state index in [1.54, 1.807) is 0 Å². The summed E-state index contributed by atoms with van der Waals surface area (Å²) in [6, 6.07) is 6.31. The van der Waals surface area contributed by atoms with Gasteiger partial charge in [-0.25, -0.2) is 0 Å². The fourth-order valence-electron chi connectivity index (χ4n) is 3.36. The number of H-pyrrole nitrogens is 1. The maximum absolute atomic E-state index is 12.6. The molecule has 2 aromatic rings. The van der Waals surface area contributed by atoms with Gasteiger partial charge < -0.3 is 9.88 Å². The number of benzene rings is 1. The Kier molecular flexibility index (Phi) is 4.57. The standard InChI is InChI=1S/C18H24N2O2S/c1-12-5-4-6-16-15(11-19-18(12)16)7-8-17(21)20-9-10-23(22)14(3)13(20)2/h4-6,11,13-14,19H,7-10H2,1-3H3/t13-,14-,23+/m0/s1. The Balaban J connectivity index is 1.69. The average molecular weight is 332 g/mol. The maximum Gasteiger partial charge on any atom is 0.223 e. The third-order valence-corrected chi connectivity index (χ3v) is 6.87. The summed E-state index contributed by atoms with van der Waals surface area (Å²) in [6.45, 7) is 6.69. The predicted octanol–water partition coefficient (Wildman–Crippen LogP) is 2.78. The fraction of sp³-hybridized carbons (Fsp3) is 0.500. The molecule has 1 amide bonds. The topological polar surface area (TPSA) is 53.2 Å². The molecule has 0 radical (unpaired) electrons. The number of aromatic nitrogens is 1. The van der Waals surface area contributed by atoms with Gasteiger partial charge in [0.15, 0.2) is 0 Å². The summed E-state index contributed by atoms with van der Waals surface area (Å²) in [5.41, 5.74) is 3.57. The highest BCUT2D eigenvalue weighted by Crippen LogP contribution is 2.23. The van der Waals surface area contributed by atoms with Crippen LogP contribution < -0.4 is 0 Å². The highest BCUT2D eigenvalue weighted by Gasteiger charge is 2.32. The van der Waals surface area contributed by atoms with E-state index in [9.17, 15) is 9.00 Å². The van der Waals surface area contributed by atoms with Gasteiger partial charge in [0, 0.05) is 52.7 Å². The lowest BCUT2D eigenvalue weighted by molar-refractivity contribution is -0.133. The van der Waals surface area contributed by atoms with Crippen molar-refractivity contribution in [3.63, 3.8) is 0 Å². The van der Waals surface area contributed by atoms with Crippen molar-refractivity contribution in [1.29, 1.82) is 0 Å². The number of fused-ring (bicyclic) bond motifs is 1. The number of nitrogens with zero attached hydrogens (tertiary/aromatic N) is 1. The SMILES string of the molecule is Cc1cccc2c(CCC(=O)N3CC[S@@](=O)[C@@H](C)[C@@H]3C)c[nH]c12. The lowest BCUT2D eigenvalue weighted by Crippen LogP contribution is -2.52. The monoisotopic (exact) mass is 332 g/mol. The number of carbonyl (C=O) groups is 1. The Hall–Kier alpha value is -1.62. The second-order valence-corrected chi connectivity index (χ2v) is 8.34. The molecule has 2 heterocycles. The molecule has 0 bridgehead atoms. The van der Waals surface area contributed by atoms with Gasteiger partial charge >= 0.3 is 0 Å². The molecule has 0 unspecified atom stereocenters. The number of hydrogen-bond donors (Lipinski definition) is 1. The van der Waals surface area contributed by atoms with Crippen molar-refractivity contribution in [2.24, 2.45) is 0 Å². The third-order valence-electron chi connectivity index (χ3n) is 5.06. The van der Waals surface area contributed by atoms with Crippen molar-refractivity contribution < 1.29 is 9.00 Å². The summed E-state index contributed by atoms with van der Waals surface area (Å²) < 4.78 is 11.9. The Bertz CT molecular complexity index is 753. The molecule has 1 fully saturated rings. The van der Waals surface area contributed by atoms with E-state index in [2.05, 4.69) is 30.1 Å². The number of hydrogen-bond acceptors (Lipinski definition) is 2. The van der Waals surface area contributed by atoms with E-state index in [1.165, 1.54) is 16.5 Å². The zero-order valence-corrected chi connectivity index (χ0v) is 14.8. The molecule has 3 rings (SSSR count). The van der Waals surface area contributed by atoms with Gasteiger partial charge in [-0.3, -0.25) is 9.00 Å². The predicted molar refractivity (Wildman–Crippen MR) is 95.0 cm³/mol. The first-order valence-corrected chi connectivity index (χ1v) is 9.59. The van der Waals surface area contributed by atoms with Crippen LogP contribution in [0, 0.1) is 6.92 Å². The fourth-order valence-corrected chi connectivity index (χ4v) is 4.69. The first kappa shape index (κ1) is 16.2. The minimum absolute atomic E-state index is 0.0577. The first-order valence-electron chi connectivity index (χ1n) is 8.21. The lowest BCUT2D eigenvalue weighted by atomic mass is 10.1. The van der Waals surface area contributed by atoms with E-state index in [4.69, 9.17) is 0 Å². The molecular formula is C18H24N2O2S. The number of carbonyl (C=O) groups excluding carboxylic acids is 1. The molecule has 1 N–H and O–H groups in total. The van der Waals surface area contributed by atoms with Crippen molar-refractivity contribution in [2.75, 3.05) is 12.3 Å². The quantitative estimate of drug-likeness (QED) is 0.940. The van der Waals surface area contributed by atoms with Gasteiger partial charge in [-0.1, -0.05) is 18.2 Å². The van der Waals surface area contributed by atoms with E-state index in [0.29, 0.717) is 18.7 Å². The van der Waals surface area contributed by atoms with Gasteiger partial charge in [0.1, 0.15) is 0 Å². The normalized spacial score (nSPS) is 25.0. The van der Waals surface area contributed by atoms with E-state index in [-0.39, 0.29) is 17.2 Å². The zero-order valence-electron chi connectivity index (χ0n) is 14.0. The Morgan fingerprint density at radius 3 is 2.96 bits per heavy atom. The van der Waals surface area contributed by atoms with Gasteiger partial charge in [0.05, 0.1) is 5.25 Å². The first-order chi connectivity index (χ1) is 11.0. The summed E-state index contributed by atoms with van der Waals surface area (Å²) in [5, 5.41) is 1.27. The number of para-hydroxylation sites is 1. The van der Waals surface area contributed by atoms with Crippen LogP contribution >= 0.6 is 0 Å². The van der Waals surface area contributed by atoms with Crippen LogP contribution in [0.4, 0.5) is 0 Å². The molecule has 4 nitrogen and oxygen atoms in total. The molecule has 3 atom stereocenters. The molecule has 1 saturated heterocycles. The van der Waals surface area contributed by atoms with Crippen LogP contribution in [0.1, 0.15) is 31.4 Å². The molecule has 1 aliphatic rings. The number of aryl methyl sites for hydroxylation is 2. The number of amides is 1. The summed E-state index contributed by atoms with van der Waals surface area (Å²) >= 11 is 0. The number of nitrogens with one attached hydrogen (secondary N) is 1. The van der Waals surface area contributed by atoms with Gasteiger partial charge in [0.25, 0.3) is 0 Å². The highest BCUT2D eigenvalue weighted by atomic mass is 32.2. The molecule has 0 aliphatic carbocycles. The summed E-state index contributed by atoms with van der Waals surface area (Å²) in [6.07, 6.45) is 3.26. The number of aromatic amines is 1. The van der Waals surface area contributed by atoms with Crippen molar-refractivity contribution in [3.05, 3.63) is 35.5 Å². The summed E-state index contributed by atoms with van der Waals surface area (Å²) in [5.74, 6) is 0.770.